The smallest absolute Gasteiger partial charge is 0.124 e. The van der Waals surface area contributed by atoms with E-state index >= 15 is 0 Å². The van der Waals surface area contributed by atoms with Gasteiger partial charge in [0.1, 0.15) is 6.29 Å². The summed E-state index contributed by atoms with van der Waals surface area (Å²) in [5.74, 6) is 0. The second kappa shape index (κ2) is 5.25. The average Bonchev–Trinajstić information content (AvgIpc) is 2.49. The largest absolute Gasteiger partial charge is 0.303 e. The predicted molar refractivity (Wildman–Crippen MR) is 81.7 cm³/mol. The molecular formula is C18H15NO. The van der Waals surface area contributed by atoms with Crippen LogP contribution in [0.5, 0.6) is 0 Å². The van der Waals surface area contributed by atoms with E-state index in [1.807, 2.05) is 43.3 Å². The van der Waals surface area contributed by atoms with E-state index in [-0.39, 0.29) is 0 Å². The van der Waals surface area contributed by atoms with Gasteiger partial charge in [0.25, 0.3) is 0 Å². The molecule has 0 saturated carbocycles. The summed E-state index contributed by atoms with van der Waals surface area (Å²) in [6.45, 7) is 1.97. The van der Waals surface area contributed by atoms with Gasteiger partial charge in [0.05, 0.1) is 5.52 Å². The Hall–Kier alpha value is -2.48. The maximum absolute atomic E-state index is 11.0. The van der Waals surface area contributed by atoms with Crippen LogP contribution in [-0.2, 0) is 11.2 Å². The minimum Gasteiger partial charge on any atom is -0.303 e. The molecule has 0 unspecified atom stereocenters. The molecule has 2 heteroatoms. The number of aromatic nitrogens is 1. The SMILES string of the molecule is Cc1nc2ccccc2c(-c2ccccc2)c1CC=O. The lowest BCUT2D eigenvalue weighted by atomic mass is 9.93. The van der Waals surface area contributed by atoms with E-state index in [1.54, 1.807) is 0 Å². The zero-order chi connectivity index (χ0) is 13.9. The van der Waals surface area contributed by atoms with E-state index in [0.29, 0.717) is 6.42 Å². The Balaban J connectivity index is 2.41. The van der Waals surface area contributed by atoms with Crippen LogP contribution in [0.15, 0.2) is 54.6 Å². The summed E-state index contributed by atoms with van der Waals surface area (Å²) in [4.78, 5) is 15.6. The molecule has 1 heterocycles. The number of rotatable bonds is 3. The third-order valence-corrected chi connectivity index (χ3v) is 3.55. The molecule has 0 radical (unpaired) electrons. The maximum Gasteiger partial charge on any atom is 0.124 e. The van der Waals surface area contributed by atoms with Gasteiger partial charge in [-0.25, -0.2) is 0 Å². The van der Waals surface area contributed by atoms with Crippen LogP contribution in [0.3, 0.4) is 0 Å². The molecule has 0 spiro atoms. The van der Waals surface area contributed by atoms with Crippen LogP contribution >= 0.6 is 0 Å². The molecule has 0 amide bonds. The number of hydrogen-bond acceptors (Lipinski definition) is 2. The number of carbonyl (C=O) groups is 1. The predicted octanol–water partition coefficient (Wildman–Crippen LogP) is 3.95. The molecule has 3 rings (SSSR count). The third kappa shape index (κ3) is 2.10. The van der Waals surface area contributed by atoms with Gasteiger partial charge in [-0.1, -0.05) is 48.5 Å². The second-order valence-corrected chi connectivity index (χ2v) is 4.80. The molecule has 0 N–H and O–H groups in total. The van der Waals surface area contributed by atoms with E-state index in [1.165, 1.54) is 0 Å². The van der Waals surface area contributed by atoms with E-state index in [9.17, 15) is 4.79 Å². The monoisotopic (exact) mass is 261 g/mol. The van der Waals surface area contributed by atoms with E-state index in [0.717, 1.165) is 39.6 Å². The van der Waals surface area contributed by atoms with Crippen molar-refractivity contribution in [3.05, 3.63) is 65.9 Å². The molecule has 2 aromatic carbocycles. The Morgan fingerprint density at radius 3 is 2.45 bits per heavy atom. The zero-order valence-electron chi connectivity index (χ0n) is 11.3. The lowest BCUT2D eigenvalue weighted by Gasteiger charge is -2.14. The fourth-order valence-electron chi connectivity index (χ4n) is 2.64. The minimum absolute atomic E-state index is 0.397. The number of pyridine rings is 1. The number of carbonyl (C=O) groups excluding carboxylic acids is 1. The van der Waals surface area contributed by atoms with Crippen molar-refractivity contribution >= 4 is 17.2 Å². The minimum atomic E-state index is 0.397. The Morgan fingerprint density at radius 1 is 1.00 bits per heavy atom. The number of hydrogen-bond donors (Lipinski definition) is 0. The van der Waals surface area contributed by atoms with E-state index in [4.69, 9.17) is 0 Å². The van der Waals surface area contributed by atoms with Crippen LogP contribution in [0.25, 0.3) is 22.0 Å². The second-order valence-electron chi connectivity index (χ2n) is 4.80. The lowest BCUT2D eigenvalue weighted by molar-refractivity contribution is -0.107. The number of para-hydroxylation sites is 1. The quantitative estimate of drug-likeness (QED) is 0.668. The normalized spacial score (nSPS) is 10.7. The number of aryl methyl sites for hydroxylation is 1. The Kier molecular flexibility index (Phi) is 3.30. The standard InChI is InChI=1S/C18H15NO/c1-13-15(11-12-20)18(14-7-3-2-4-8-14)16-9-5-6-10-17(16)19-13/h2-10,12H,11H2,1H3. The summed E-state index contributed by atoms with van der Waals surface area (Å²) >= 11 is 0. The van der Waals surface area contributed by atoms with Crippen molar-refractivity contribution in [1.82, 2.24) is 4.98 Å². The highest BCUT2D eigenvalue weighted by atomic mass is 16.1. The van der Waals surface area contributed by atoms with Gasteiger partial charge in [-0.3, -0.25) is 4.98 Å². The Labute approximate surface area is 118 Å². The van der Waals surface area contributed by atoms with Crippen LogP contribution in [0.1, 0.15) is 11.3 Å². The first kappa shape index (κ1) is 12.5. The van der Waals surface area contributed by atoms with Crippen molar-refractivity contribution in [2.24, 2.45) is 0 Å². The van der Waals surface area contributed by atoms with Gasteiger partial charge in [0, 0.05) is 17.5 Å². The summed E-state index contributed by atoms with van der Waals surface area (Å²) < 4.78 is 0. The van der Waals surface area contributed by atoms with Gasteiger partial charge >= 0.3 is 0 Å². The third-order valence-electron chi connectivity index (χ3n) is 3.55. The van der Waals surface area contributed by atoms with Gasteiger partial charge in [-0.2, -0.15) is 0 Å². The van der Waals surface area contributed by atoms with E-state index < -0.39 is 0 Å². The van der Waals surface area contributed by atoms with E-state index in [2.05, 4.69) is 23.2 Å². The van der Waals surface area contributed by atoms with Crippen LogP contribution in [0.2, 0.25) is 0 Å². The molecule has 0 atom stereocenters. The van der Waals surface area contributed by atoms with Crippen molar-refractivity contribution in [2.75, 3.05) is 0 Å². The number of fused-ring (bicyclic) bond motifs is 1. The highest BCUT2D eigenvalue weighted by molar-refractivity contribution is 5.97. The molecular weight excluding hydrogens is 246 g/mol. The molecule has 98 valence electrons. The molecule has 1 aromatic heterocycles. The summed E-state index contributed by atoms with van der Waals surface area (Å²) in [5.41, 5.74) is 5.17. The molecule has 20 heavy (non-hydrogen) atoms. The summed E-state index contributed by atoms with van der Waals surface area (Å²) in [5, 5.41) is 1.10. The van der Waals surface area contributed by atoms with Crippen molar-refractivity contribution in [1.29, 1.82) is 0 Å². The number of benzene rings is 2. The van der Waals surface area contributed by atoms with Gasteiger partial charge in [0.2, 0.25) is 0 Å². The Morgan fingerprint density at radius 2 is 1.70 bits per heavy atom. The Bertz CT molecular complexity index is 763. The molecule has 0 aliphatic heterocycles. The fourth-order valence-corrected chi connectivity index (χ4v) is 2.64. The first-order valence-electron chi connectivity index (χ1n) is 6.68. The van der Waals surface area contributed by atoms with Crippen LogP contribution in [0.4, 0.5) is 0 Å². The van der Waals surface area contributed by atoms with Gasteiger partial charge in [-0.05, 0) is 29.7 Å². The fraction of sp³-hybridized carbons (Fsp3) is 0.111. The molecule has 0 saturated heterocycles. The molecule has 2 nitrogen and oxygen atoms in total. The average molecular weight is 261 g/mol. The molecule has 0 bridgehead atoms. The zero-order valence-corrected chi connectivity index (χ0v) is 11.3. The van der Waals surface area contributed by atoms with Gasteiger partial charge in [-0.15, -0.1) is 0 Å². The summed E-state index contributed by atoms with van der Waals surface area (Å²) in [6, 6.07) is 18.3. The first-order valence-corrected chi connectivity index (χ1v) is 6.68. The molecule has 0 fully saturated rings. The summed E-state index contributed by atoms with van der Waals surface area (Å²) in [7, 11) is 0. The number of aldehydes is 1. The van der Waals surface area contributed by atoms with Crippen LogP contribution in [0, 0.1) is 6.92 Å². The highest BCUT2D eigenvalue weighted by Gasteiger charge is 2.13. The molecule has 3 aromatic rings. The molecule has 0 aliphatic rings. The van der Waals surface area contributed by atoms with Crippen molar-refractivity contribution < 1.29 is 4.79 Å². The topological polar surface area (TPSA) is 30.0 Å². The van der Waals surface area contributed by atoms with Crippen LogP contribution in [-0.4, -0.2) is 11.3 Å². The highest BCUT2D eigenvalue weighted by Crippen LogP contribution is 2.32. The van der Waals surface area contributed by atoms with Crippen molar-refractivity contribution in [2.45, 2.75) is 13.3 Å². The first-order chi connectivity index (χ1) is 9.81. The lowest BCUT2D eigenvalue weighted by Crippen LogP contribution is -1.99. The van der Waals surface area contributed by atoms with Gasteiger partial charge < -0.3 is 4.79 Å². The van der Waals surface area contributed by atoms with Crippen molar-refractivity contribution in [3.8, 4) is 11.1 Å². The molecule has 0 aliphatic carbocycles. The van der Waals surface area contributed by atoms with Gasteiger partial charge in [0.15, 0.2) is 0 Å². The van der Waals surface area contributed by atoms with Crippen molar-refractivity contribution in [3.63, 3.8) is 0 Å². The number of nitrogens with zero attached hydrogens (tertiary/aromatic N) is 1. The maximum atomic E-state index is 11.0. The van der Waals surface area contributed by atoms with Crippen LogP contribution < -0.4 is 0 Å². The summed E-state index contributed by atoms with van der Waals surface area (Å²) in [6.07, 6.45) is 1.35.